The van der Waals surface area contributed by atoms with E-state index in [1.807, 2.05) is 42.5 Å². The third kappa shape index (κ3) is 4.91. The molecule has 1 atom stereocenters. The first kappa shape index (κ1) is 20.6. The molecule has 6 nitrogen and oxygen atoms in total. The number of hydrogen-bond acceptors (Lipinski definition) is 4. The van der Waals surface area contributed by atoms with Crippen LogP contribution in [-0.2, 0) is 4.79 Å². The molecule has 31 heavy (non-hydrogen) atoms. The highest BCUT2D eigenvalue weighted by atomic mass is 16.1. The molecule has 0 radical (unpaired) electrons. The van der Waals surface area contributed by atoms with E-state index in [0.717, 1.165) is 46.6 Å². The summed E-state index contributed by atoms with van der Waals surface area (Å²) < 4.78 is 0. The van der Waals surface area contributed by atoms with Gasteiger partial charge in [0.2, 0.25) is 5.91 Å². The summed E-state index contributed by atoms with van der Waals surface area (Å²) in [5, 5.41) is 7.38. The number of carbonyl (C=O) groups excluding carboxylic acids is 1. The third-order valence-electron chi connectivity index (χ3n) is 5.32. The minimum absolute atomic E-state index is 0.0544. The molecule has 0 spiro atoms. The van der Waals surface area contributed by atoms with E-state index in [1.54, 1.807) is 6.33 Å². The van der Waals surface area contributed by atoms with Gasteiger partial charge in [0.25, 0.3) is 0 Å². The molecule has 158 valence electrons. The first-order chi connectivity index (χ1) is 15.1. The first-order valence-corrected chi connectivity index (χ1v) is 10.7. The fraction of sp³-hybridized carbons (Fsp3) is 0.240. The summed E-state index contributed by atoms with van der Waals surface area (Å²) in [6.45, 7) is 4.19. The van der Waals surface area contributed by atoms with E-state index in [0.29, 0.717) is 6.42 Å². The Kier molecular flexibility index (Phi) is 6.26. The van der Waals surface area contributed by atoms with Gasteiger partial charge in [0.15, 0.2) is 0 Å². The molecule has 0 aliphatic rings. The van der Waals surface area contributed by atoms with E-state index in [2.05, 4.69) is 57.6 Å². The van der Waals surface area contributed by atoms with E-state index in [-0.39, 0.29) is 11.9 Å². The number of carbonyl (C=O) groups is 1. The van der Waals surface area contributed by atoms with Crippen LogP contribution in [0.2, 0.25) is 0 Å². The Morgan fingerprint density at radius 3 is 2.58 bits per heavy atom. The Hall–Kier alpha value is -3.67. The monoisotopic (exact) mass is 413 g/mol. The molecule has 2 aromatic carbocycles. The van der Waals surface area contributed by atoms with E-state index in [1.165, 1.54) is 5.56 Å². The summed E-state index contributed by atoms with van der Waals surface area (Å²) in [5.74, 6) is 0.849. The molecule has 6 heteroatoms. The second-order valence-electron chi connectivity index (χ2n) is 7.67. The Balaban J connectivity index is 1.53. The van der Waals surface area contributed by atoms with Crippen molar-refractivity contribution in [3.05, 3.63) is 72.6 Å². The topological polar surface area (TPSA) is 82.7 Å². The second kappa shape index (κ2) is 9.43. The Morgan fingerprint density at radius 2 is 1.84 bits per heavy atom. The number of aromatic amines is 1. The average Bonchev–Trinajstić information content (AvgIpc) is 3.24. The molecule has 4 rings (SSSR count). The van der Waals surface area contributed by atoms with Crippen molar-refractivity contribution in [2.45, 2.75) is 39.2 Å². The molecular formula is C25H27N5O. The highest BCUT2D eigenvalue weighted by Crippen LogP contribution is 2.29. The maximum Gasteiger partial charge on any atom is 0.224 e. The minimum Gasteiger partial charge on any atom is -0.363 e. The number of nitrogens with one attached hydrogen (secondary N) is 3. The van der Waals surface area contributed by atoms with E-state index in [9.17, 15) is 4.79 Å². The van der Waals surface area contributed by atoms with Crippen molar-refractivity contribution in [2.24, 2.45) is 0 Å². The lowest BCUT2D eigenvalue weighted by Crippen LogP contribution is -2.10. The lowest BCUT2D eigenvalue weighted by Gasteiger charge is -2.15. The van der Waals surface area contributed by atoms with Crippen molar-refractivity contribution in [3.8, 4) is 11.3 Å². The quantitative estimate of drug-likeness (QED) is 0.334. The van der Waals surface area contributed by atoms with E-state index >= 15 is 0 Å². The van der Waals surface area contributed by atoms with Gasteiger partial charge in [0.1, 0.15) is 17.8 Å². The van der Waals surface area contributed by atoms with Crippen LogP contribution in [0.4, 0.5) is 11.5 Å². The molecule has 0 unspecified atom stereocenters. The van der Waals surface area contributed by atoms with Crippen LogP contribution >= 0.6 is 0 Å². The normalized spacial score (nSPS) is 11.9. The van der Waals surface area contributed by atoms with Crippen LogP contribution < -0.4 is 10.6 Å². The number of rotatable bonds is 8. The number of fused-ring (bicyclic) bond motifs is 1. The van der Waals surface area contributed by atoms with Crippen molar-refractivity contribution in [1.82, 2.24) is 15.0 Å². The van der Waals surface area contributed by atoms with Gasteiger partial charge in [-0.05, 0) is 42.7 Å². The fourth-order valence-electron chi connectivity index (χ4n) is 3.53. The number of amides is 1. The lowest BCUT2D eigenvalue weighted by molar-refractivity contribution is -0.116. The molecule has 2 heterocycles. The van der Waals surface area contributed by atoms with Gasteiger partial charge >= 0.3 is 0 Å². The summed E-state index contributed by atoms with van der Waals surface area (Å²) in [6.07, 6.45) is 4.03. The molecular weight excluding hydrogens is 386 g/mol. The van der Waals surface area contributed by atoms with E-state index < -0.39 is 0 Å². The van der Waals surface area contributed by atoms with Gasteiger partial charge in [-0.2, -0.15) is 0 Å². The van der Waals surface area contributed by atoms with Crippen LogP contribution in [0.15, 0.2) is 67.0 Å². The van der Waals surface area contributed by atoms with Gasteiger partial charge in [-0.1, -0.05) is 55.8 Å². The zero-order valence-electron chi connectivity index (χ0n) is 17.9. The summed E-state index contributed by atoms with van der Waals surface area (Å²) in [5.41, 5.74) is 4.76. The molecule has 4 aromatic rings. The summed E-state index contributed by atoms with van der Waals surface area (Å²) >= 11 is 0. The maximum absolute atomic E-state index is 11.9. The van der Waals surface area contributed by atoms with Crippen molar-refractivity contribution < 1.29 is 4.79 Å². The molecule has 1 amide bonds. The number of benzene rings is 2. The van der Waals surface area contributed by atoms with Crippen LogP contribution in [0.5, 0.6) is 0 Å². The number of H-pyrrole nitrogens is 1. The summed E-state index contributed by atoms with van der Waals surface area (Å²) in [4.78, 5) is 24.2. The first-order valence-electron chi connectivity index (χ1n) is 10.7. The Labute approximate surface area is 182 Å². The third-order valence-corrected chi connectivity index (χ3v) is 5.32. The second-order valence-corrected chi connectivity index (χ2v) is 7.67. The maximum atomic E-state index is 11.9. The van der Waals surface area contributed by atoms with Crippen molar-refractivity contribution in [1.29, 1.82) is 0 Å². The van der Waals surface area contributed by atoms with Gasteiger partial charge in [0.05, 0.1) is 5.39 Å². The summed E-state index contributed by atoms with van der Waals surface area (Å²) in [7, 11) is 0. The van der Waals surface area contributed by atoms with Crippen LogP contribution in [0.25, 0.3) is 22.3 Å². The SMILES string of the molecule is CCCCC(=O)Nc1ccc(-c2cc3c(N[C@H](C)c4ccccc4)ncnc3[nH]2)cc1. The van der Waals surface area contributed by atoms with Crippen molar-refractivity contribution in [3.63, 3.8) is 0 Å². The number of anilines is 2. The molecule has 3 N–H and O–H groups in total. The van der Waals surface area contributed by atoms with Gasteiger partial charge in [-0.15, -0.1) is 0 Å². The number of unbranched alkanes of at least 4 members (excludes halogenated alkanes) is 1. The standard InChI is InChI=1S/C25H27N5O/c1-3-4-10-23(31)29-20-13-11-19(12-14-20)22-15-21-24(26-16-27-25(21)30-22)28-17(2)18-8-6-5-7-9-18/h5-9,11-17H,3-4,10H2,1-2H3,(H,29,31)(H2,26,27,28,30)/t17-/m1/s1. The van der Waals surface area contributed by atoms with Crippen LogP contribution in [0.1, 0.15) is 44.7 Å². The predicted octanol–water partition coefficient (Wildman–Crippen LogP) is 5.93. The average molecular weight is 414 g/mol. The fourth-order valence-corrected chi connectivity index (χ4v) is 3.53. The van der Waals surface area contributed by atoms with Crippen LogP contribution in [0, 0.1) is 0 Å². The van der Waals surface area contributed by atoms with Crippen LogP contribution in [0.3, 0.4) is 0 Å². The van der Waals surface area contributed by atoms with Gasteiger partial charge in [-0.3, -0.25) is 4.79 Å². The number of aromatic nitrogens is 3. The zero-order chi connectivity index (χ0) is 21.6. The molecule has 0 bridgehead atoms. The van der Waals surface area contributed by atoms with Gasteiger partial charge in [0, 0.05) is 23.8 Å². The molecule has 0 aliphatic carbocycles. The van der Waals surface area contributed by atoms with Crippen LogP contribution in [-0.4, -0.2) is 20.9 Å². The predicted molar refractivity (Wildman–Crippen MR) is 126 cm³/mol. The van der Waals surface area contributed by atoms with Gasteiger partial charge in [-0.25, -0.2) is 9.97 Å². The van der Waals surface area contributed by atoms with Crippen molar-refractivity contribution in [2.75, 3.05) is 10.6 Å². The molecule has 2 aromatic heterocycles. The largest absolute Gasteiger partial charge is 0.363 e. The number of hydrogen-bond donors (Lipinski definition) is 3. The molecule has 0 saturated carbocycles. The molecule has 0 saturated heterocycles. The minimum atomic E-state index is 0.0544. The molecule has 0 aliphatic heterocycles. The molecule has 0 fully saturated rings. The number of nitrogens with zero attached hydrogens (tertiary/aromatic N) is 2. The Bertz CT molecular complexity index is 1150. The zero-order valence-corrected chi connectivity index (χ0v) is 17.9. The van der Waals surface area contributed by atoms with E-state index in [4.69, 9.17) is 0 Å². The summed E-state index contributed by atoms with van der Waals surface area (Å²) in [6, 6.07) is 20.3. The Morgan fingerprint density at radius 1 is 1.06 bits per heavy atom. The smallest absolute Gasteiger partial charge is 0.224 e. The highest BCUT2D eigenvalue weighted by Gasteiger charge is 2.12. The highest BCUT2D eigenvalue weighted by molar-refractivity contribution is 5.93. The lowest BCUT2D eigenvalue weighted by atomic mass is 10.1. The van der Waals surface area contributed by atoms with Gasteiger partial charge < -0.3 is 15.6 Å². The van der Waals surface area contributed by atoms with Crippen molar-refractivity contribution >= 4 is 28.4 Å².